The summed E-state index contributed by atoms with van der Waals surface area (Å²) in [5.41, 5.74) is 0.858. The normalized spacial score (nSPS) is 16.1. The van der Waals surface area contributed by atoms with E-state index in [1.165, 1.54) is 0 Å². The van der Waals surface area contributed by atoms with Crippen LogP contribution in [0.4, 0.5) is 0 Å². The van der Waals surface area contributed by atoms with Crippen molar-refractivity contribution in [2.24, 2.45) is 0 Å². The van der Waals surface area contributed by atoms with Gasteiger partial charge < -0.3 is 4.57 Å². The first-order valence-corrected chi connectivity index (χ1v) is 9.67. The van der Waals surface area contributed by atoms with E-state index in [0.29, 0.717) is 17.3 Å². The predicted molar refractivity (Wildman–Crippen MR) is 86.2 cm³/mol. The minimum Gasteiger partial charge on any atom is -0.346 e. The van der Waals surface area contributed by atoms with E-state index in [4.69, 9.17) is 11.6 Å². The Morgan fingerprint density at radius 2 is 2.10 bits per heavy atom. The van der Waals surface area contributed by atoms with Crippen molar-refractivity contribution < 1.29 is 8.42 Å². The lowest BCUT2D eigenvalue weighted by Gasteiger charge is -2.21. The largest absolute Gasteiger partial charge is 0.346 e. The molecule has 0 aromatic carbocycles. The minimum absolute atomic E-state index is 0.198. The average molecular weight is 333 g/mol. The highest BCUT2D eigenvalue weighted by atomic mass is 35.5. The first-order valence-electron chi connectivity index (χ1n) is 7.70. The molecule has 2 rings (SSSR count). The molecule has 0 amide bonds. The molecule has 1 aliphatic carbocycles. The quantitative estimate of drug-likeness (QED) is 0.680. The highest BCUT2D eigenvalue weighted by Gasteiger charge is 2.38. The van der Waals surface area contributed by atoms with E-state index in [-0.39, 0.29) is 12.1 Å². The van der Waals surface area contributed by atoms with E-state index in [2.05, 4.69) is 6.92 Å². The summed E-state index contributed by atoms with van der Waals surface area (Å²) >= 11 is 5.95. The summed E-state index contributed by atoms with van der Waals surface area (Å²) < 4.78 is 29.4. The summed E-state index contributed by atoms with van der Waals surface area (Å²) in [5, 5.41) is 0. The molecule has 0 unspecified atom stereocenters. The number of halogens is 1. The number of aromatic nitrogens is 1. The van der Waals surface area contributed by atoms with Crippen molar-refractivity contribution in [3.05, 3.63) is 18.0 Å². The van der Waals surface area contributed by atoms with E-state index in [0.717, 1.165) is 31.4 Å². The van der Waals surface area contributed by atoms with E-state index in [9.17, 15) is 8.42 Å². The lowest BCUT2D eigenvalue weighted by atomic mass is 10.3. The van der Waals surface area contributed by atoms with Crippen LogP contribution in [0.25, 0.3) is 0 Å². The zero-order chi connectivity index (χ0) is 15.6. The van der Waals surface area contributed by atoms with E-state index >= 15 is 0 Å². The third kappa shape index (κ3) is 3.63. The van der Waals surface area contributed by atoms with Gasteiger partial charge in [0.15, 0.2) is 0 Å². The molecule has 1 fully saturated rings. The van der Waals surface area contributed by atoms with Gasteiger partial charge in [0.2, 0.25) is 10.0 Å². The van der Waals surface area contributed by atoms with E-state index in [1.807, 2.05) is 18.4 Å². The van der Waals surface area contributed by atoms with Gasteiger partial charge in [-0.25, -0.2) is 8.42 Å². The lowest BCUT2D eigenvalue weighted by molar-refractivity contribution is 0.395. The maximum absolute atomic E-state index is 12.9. The van der Waals surface area contributed by atoms with Gasteiger partial charge in [0.1, 0.15) is 4.90 Å². The smallest absolute Gasteiger partial charge is 0.244 e. The van der Waals surface area contributed by atoms with E-state index < -0.39 is 10.0 Å². The topological polar surface area (TPSA) is 42.3 Å². The maximum Gasteiger partial charge on any atom is 0.244 e. The molecule has 0 atom stereocenters. The molecule has 1 aliphatic rings. The van der Waals surface area contributed by atoms with Crippen LogP contribution in [-0.2, 0) is 15.9 Å². The zero-order valence-corrected chi connectivity index (χ0v) is 14.6. The molecule has 120 valence electrons. The van der Waals surface area contributed by atoms with Crippen molar-refractivity contribution in [1.29, 1.82) is 0 Å². The second-order valence-corrected chi connectivity index (χ2v) is 8.16. The molecule has 0 N–H and O–H groups in total. The van der Waals surface area contributed by atoms with Crippen LogP contribution >= 0.6 is 11.6 Å². The molecule has 1 saturated carbocycles. The van der Waals surface area contributed by atoms with Gasteiger partial charge in [-0.15, -0.1) is 11.6 Å². The molecule has 1 aromatic heterocycles. The molecule has 0 radical (unpaired) electrons. The summed E-state index contributed by atoms with van der Waals surface area (Å²) in [6, 6.07) is 2.13. The van der Waals surface area contributed by atoms with Gasteiger partial charge in [-0.3, -0.25) is 0 Å². The van der Waals surface area contributed by atoms with Crippen LogP contribution < -0.4 is 0 Å². The van der Waals surface area contributed by atoms with Crippen LogP contribution in [0, 0.1) is 0 Å². The van der Waals surface area contributed by atoms with Crippen LogP contribution in [0.3, 0.4) is 0 Å². The second kappa shape index (κ2) is 6.71. The van der Waals surface area contributed by atoms with Crippen LogP contribution in [0.1, 0.15) is 58.2 Å². The third-order valence-electron chi connectivity index (χ3n) is 3.89. The van der Waals surface area contributed by atoms with Crippen LogP contribution in [0.2, 0.25) is 0 Å². The number of hydrogen-bond acceptors (Lipinski definition) is 2. The first kappa shape index (κ1) is 16.8. The first-order chi connectivity index (χ1) is 9.91. The van der Waals surface area contributed by atoms with Gasteiger partial charge in [0.05, 0.1) is 5.88 Å². The molecule has 0 saturated heterocycles. The number of rotatable bonds is 8. The molecule has 0 bridgehead atoms. The van der Waals surface area contributed by atoms with Gasteiger partial charge in [-0.05, 0) is 39.2 Å². The summed E-state index contributed by atoms with van der Waals surface area (Å²) in [5.74, 6) is 0.325. The Morgan fingerprint density at radius 1 is 1.43 bits per heavy atom. The Bertz CT molecular complexity index is 576. The van der Waals surface area contributed by atoms with Gasteiger partial charge in [0.25, 0.3) is 0 Å². The van der Waals surface area contributed by atoms with Gasteiger partial charge in [0, 0.05) is 30.5 Å². The highest BCUT2D eigenvalue weighted by molar-refractivity contribution is 7.89. The second-order valence-electron chi connectivity index (χ2n) is 6.00. The summed E-state index contributed by atoms with van der Waals surface area (Å²) in [4.78, 5) is 0.384. The molecule has 6 heteroatoms. The summed E-state index contributed by atoms with van der Waals surface area (Å²) in [7, 11) is -3.40. The molecule has 0 spiro atoms. The minimum atomic E-state index is -3.40. The van der Waals surface area contributed by atoms with Crippen molar-refractivity contribution >= 4 is 21.6 Å². The molecular formula is C15H25ClN2O2S. The molecular weight excluding hydrogens is 308 g/mol. The third-order valence-corrected chi connectivity index (χ3v) is 6.08. The summed E-state index contributed by atoms with van der Waals surface area (Å²) in [6.07, 6.45) is 5.60. The van der Waals surface area contributed by atoms with Crippen molar-refractivity contribution in [2.75, 3.05) is 6.54 Å². The van der Waals surface area contributed by atoms with Gasteiger partial charge in [-0.2, -0.15) is 4.31 Å². The monoisotopic (exact) mass is 332 g/mol. The molecule has 21 heavy (non-hydrogen) atoms. The van der Waals surface area contributed by atoms with Crippen molar-refractivity contribution in [3.8, 4) is 0 Å². The van der Waals surface area contributed by atoms with E-state index in [1.54, 1.807) is 16.6 Å². The molecule has 0 aliphatic heterocycles. The number of alkyl halides is 1. The molecule has 1 heterocycles. The molecule has 1 aromatic rings. The number of nitrogens with zero attached hydrogens (tertiary/aromatic N) is 2. The van der Waals surface area contributed by atoms with Gasteiger partial charge in [-0.1, -0.05) is 13.3 Å². The van der Waals surface area contributed by atoms with Crippen LogP contribution in [-0.4, -0.2) is 29.9 Å². The van der Waals surface area contributed by atoms with Crippen LogP contribution in [0.5, 0.6) is 0 Å². The maximum atomic E-state index is 12.9. The van der Waals surface area contributed by atoms with Crippen LogP contribution in [0.15, 0.2) is 17.2 Å². The predicted octanol–water partition coefficient (Wildman–Crippen LogP) is 3.76. The Kier molecular flexibility index (Phi) is 5.38. The Balaban J connectivity index is 2.33. The average Bonchev–Trinajstić information content (AvgIpc) is 3.15. The zero-order valence-electron chi connectivity index (χ0n) is 13.0. The standard InChI is InChI=1S/C15H25ClN2O2S/c1-4-5-8-18(13-6-7-13)21(19,20)15-9-14(10-16)17(11-15)12(2)3/h9,11-13H,4-8,10H2,1-3H3. The number of unbranched alkanes of at least 4 members (excludes halogenated alkanes) is 1. The number of hydrogen-bond donors (Lipinski definition) is 0. The van der Waals surface area contributed by atoms with Crippen molar-refractivity contribution in [3.63, 3.8) is 0 Å². The fourth-order valence-corrected chi connectivity index (χ4v) is 4.53. The fraction of sp³-hybridized carbons (Fsp3) is 0.733. The molecule has 4 nitrogen and oxygen atoms in total. The fourth-order valence-electron chi connectivity index (χ4n) is 2.54. The Labute approximate surface area is 133 Å². The van der Waals surface area contributed by atoms with Crippen molar-refractivity contribution in [2.45, 2.75) is 69.3 Å². The SMILES string of the molecule is CCCCN(C1CC1)S(=O)(=O)c1cc(CCl)n(C(C)C)c1. The Morgan fingerprint density at radius 3 is 2.52 bits per heavy atom. The van der Waals surface area contributed by atoms with Crippen molar-refractivity contribution in [1.82, 2.24) is 8.87 Å². The number of sulfonamides is 1. The van der Waals surface area contributed by atoms with Gasteiger partial charge >= 0.3 is 0 Å². The lowest BCUT2D eigenvalue weighted by Crippen LogP contribution is -2.33. The summed E-state index contributed by atoms with van der Waals surface area (Å²) in [6.45, 7) is 6.76. The Hall–Kier alpha value is -0.520. The highest BCUT2D eigenvalue weighted by Crippen LogP contribution is 2.33.